The third-order valence-electron chi connectivity index (χ3n) is 3.76. The average molecular weight is 375 g/mol. The fourth-order valence-electron chi connectivity index (χ4n) is 2.28. The van der Waals surface area contributed by atoms with Gasteiger partial charge in [0.2, 0.25) is 0 Å². The minimum absolute atomic E-state index is 0.0195. The molecule has 0 aliphatic rings. The van der Waals surface area contributed by atoms with Gasteiger partial charge in [-0.1, -0.05) is 32.0 Å². The van der Waals surface area contributed by atoms with Crippen molar-refractivity contribution >= 4 is 11.9 Å². The van der Waals surface area contributed by atoms with Crippen LogP contribution in [0.2, 0.25) is 0 Å². The second-order valence-electron chi connectivity index (χ2n) is 5.81. The highest BCUT2D eigenvalue weighted by Crippen LogP contribution is 2.28. The summed E-state index contributed by atoms with van der Waals surface area (Å²) in [7, 11) is 0. The summed E-state index contributed by atoms with van der Waals surface area (Å²) in [5.41, 5.74) is 0.871. The fraction of sp³-hybridized carbons (Fsp3) is 0.556. The number of halogens is 3. The largest absolute Gasteiger partial charge is 0.483 e. The maximum atomic E-state index is 12.7. The lowest BCUT2D eigenvalue weighted by molar-refractivity contribution is -0.168. The number of carbonyl (C=O) groups excluding carboxylic acids is 2. The highest BCUT2D eigenvalue weighted by Gasteiger charge is 2.34. The Morgan fingerprint density at radius 2 is 1.85 bits per heavy atom. The van der Waals surface area contributed by atoms with Crippen LogP contribution in [0.4, 0.5) is 13.2 Å². The van der Waals surface area contributed by atoms with E-state index in [9.17, 15) is 22.8 Å². The van der Waals surface area contributed by atoms with Crippen molar-refractivity contribution in [2.75, 3.05) is 26.3 Å². The topological polar surface area (TPSA) is 55.8 Å². The normalized spacial score (nSPS) is 12.4. The number of esters is 1. The van der Waals surface area contributed by atoms with Crippen LogP contribution in [0, 0.1) is 0 Å². The number of alkyl halides is 3. The highest BCUT2D eigenvalue weighted by atomic mass is 19.4. The number of carbonyl (C=O) groups is 2. The van der Waals surface area contributed by atoms with Crippen LogP contribution in [-0.4, -0.2) is 49.3 Å². The molecule has 0 aliphatic carbocycles. The molecular weight excluding hydrogens is 351 g/mol. The maximum absolute atomic E-state index is 12.7. The summed E-state index contributed by atoms with van der Waals surface area (Å²) in [6.45, 7) is 2.62. The molecule has 0 heterocycles. The number of rotatable bonds is 9. The van der Waals surface area contributed by atoms with Crippen molar-refractivity contribution in [1.29, 1.82) is 0 Å². The molecule has 1 unspecified atom stereocenters. The molecule has 0 bridgehead atoms. The Balaban J connectivity index is 2.82. The molecule has 1 rings (SSSR count). The molecule has 0 N–H and O–H groups in total. The predicted molar refractivity (Wildman–Crippen MR) is 89.9 cm³/mol. The summed E-state index contributed by atoms with van der Waals surface area (Å²) in [6, 6.07) is 7.05. The zero-order chi connectivity index (χ0) is 19.7. The van der Waals surface area contributed by atoms with Crippen LogP contribution in [-0.2, 0) is 14.3 Å². The van der Waals surface area contributed by atoms with Gasteiger partial charge >= 0.3 is 12.1 Å². The monoisotopic (exact) mass is 375 g/mol. The standard InChI is InChI=1S/C18H24F3NO4/c1-4-13(3)14-8-6-7-9-15(14)26-11-16(23)22(12-18(19,20)21)10-17(24)25-5-2/h6-9,13H,4-5,10-12H2,1-3H3. The van der Waals surface area contributed by atoms with Gasteiger partial charge in [-0.15, -0.1) is 0 Å². The minimum Gasteiger partial charge on any atom is -0.483 e. The van der Waals surface area contributed by atoms with Crippen LogP contribution >= 0.6 is 0 Å². The van der Waals surface area contributed by atoms with E-state index in [1.54, 1.807) is 12.1 Å². The van der Waals surface area contributed by atoms with Gasteiger partial charge in [-0.3, -0.25) is 9.59 Å². The van der Waals surface area contributed by atoms with Crippen molar-refractivity contribution in [1.82, 2.24) is 4.90 Å². The third kappa shape index (κ3) is 7.33. The van der Waals surface area contributed by atoms with Crippen molar-refractivity contribution in [3.05, 3.63) is 29.8 Å². The molecule has 0 spiro atoms. The fourth-order valence-corrected chi connectivity index (χ4v) is 2.28. The van der Waals surface area contributed by atoms with E-state index in [1.807, 2.05) is 26.0 Å². The Labute approximate surface area is 151 Å². The van der Waals surface area contributed by atoms with E-state index >= 15 is 0 Å². The average Bonchev–Trinajstić information content (AvgIpc) is 2.57. The summed E-state index contributed by atoms with van der Waals surface area (Å²) in [6.07, 6.45) is -3.78. The molecule has 146 valence electrons. The molecule has 0 aliphatic heterocycles. The first-order valence-corrected chi connectivity index (χ1v) is 8.39. The van der Waals surface area contributed by atoms with E-state index in [2.05, 4.69) is 4.74 Å². The number of benzene rings is 1. The second kappa shape index (κ2) is 10.0. The zero-order valence-corrected chi connectivity index (χ0v) is 15.1. The van der Waals surface area contributed by atoms with Gasteiger partial charge in [-0.25, -0.2) is 0 Å². The molecule has 0 radical (unpaired) electrons. The first kappa shape index (κ1) is 21.8. The number of para-hydroxylation sites is 1. The predicted octanol–water partition coefficient (Wildman–Crippen LogP) is 3.53. The number of ether oxygens (including phenoxy) is 2. The van der Waals surface area contributed by atoms with Gasteiger partial charge in [0.1, 0.15) is 18.8 Å². The lowest BCUT2D eigenvalue weighted by Crippen LogP contribution is -2.44. The summed E-state index contributed by atoms with van der Waals surface area (Å²) in [5, 5.41) is 0. The van der Waals surface area contributed by atoms with Gasteiger partial charge in [0.25, 0.3) is 5.91 Å². The quantitative estimate of drug-likeness (QED) is 0.620. The summed E-state index contributed by atoms with van der Waals surface area (Å²) < 4.78 is 48.2. The van der Waals surface area contributed by atoms with E-state index in [0.29, 0.717) is 10.6 Å². The van der Waals surface area contributed by atoms with Crippen LogP contribution < -0.4 is 4.74 Å². The van der Waals surface area contributed by atoms with Gasteiger partial charge in [0, 0.05) is 0 Å². The van der Waals surface area contributed by atoms with Crippen LogP contribution in [0.5, 0.6) is 5.75 Å². The second-order valence-corrected chi connectivity index (χ2v) is 5.81. The van der Waals surface area contributed by atoms with Crippen molar-refractivity contribution in [2.24, 2.45) is 0 Å². The molecule has 0 saturated heterocycles. The molecule has 0 saturated carbocycles. The van der Waals surface area contributed by atoms with Crippen molar-refractivity contribution < 1.29 is 32.2 Å². The Morgan fingerprint density at radius 1 is 1.19 bits per heavy atom. The molecule has 0 fully saturated rings. The lowest BCUT2D eigenvalue weighted by Gasteiger charge is -2.23. The van der Waals surface area contributed by atoms with Crippen molar-refractivity contribution in [3.8, 4) is 5.75 Å². The van der Waals surface area contributed by atoms with E-state index in [1.165, 1.54) is 6.92 Å². The Bertz CT molecular complexity index is 604. The lowest BCUT2D eigenvalue weighted by atomic mass is 9.98. The van der Waals surface area contributed by atoms with Crippen LogP contribution in [0.25, 0.3) is 0 Å². The Hall–Kier alpha value is -2.25. The zero-order valence-electron chi connectivity index (χ0n) is 15.1. The molecule has 0 aromatic heterocycles. The number of amides is 1. The number of hydrogen-bond acceptors (Lipinski definition) is 4. The molecule has 1 aromatic carbocycles. The van der Waals surface area contributed by atoms with Crippen LogP contribution in [0.3, 0.4) is 0 Å². The maximum Gasteiger partial charge on any atom is 0.406 e. The minimum atomic E-state index is -4.63. The molecule has 26 heavy (non-hydrogen) atoms. The molecule has 1 atom stereocenters. The summed E-state index contributed by atoms with van der Waals surface area (Å²) >= 11 is 0. The van der Waals surface area contributed by atoms with Crippen LogP contribution in [0.15, 0.2) is 24.3 Å². The highest BCUT2D eigenvalue weighted by molar-refractivity contribution is 5.83. The van der Waals surface area contributed by atoms with Gasteiger partial charge in [-0.05, 0) is 30.9 Å². The first-order valence-electron chi connectivity index (χ1n) is 8.39. The van der Waals surface area contributed by atoms with E-state index in [4.69, 9.17) is 4.74 Å². The van der Waals surface area contributed by atoms with E-state index in [-0.39, 0.29) is 12.5 Å². The van der Waals surface area contributed by atoms with E-state index < -0.39 is 37.7 Å². The molecule has 5 nitrogen and oxygen atoms in total. The third-order valence-corrected chi connectivity index (χ3v) is 3.76. The van der Waals surface area contributed by atoms with Gasteiger partial charge in [0.05, 0.1) is 6.61 Å². The Kier molecular flexibility index (Phi) is 8.41. The number of hydrogen-bond donors (Lipinski definition) is 0. The molecule has 8 heteroatoms. The molecular formula is C18H24F3NO4. The van der Waals surface area contributed by atoms with Crippen LogP contribution in [0.1, 0.15) is 38.7 Å². The summed E-state index contributed by atoms with van der Waals surface area (Å²) in [5.74, 6) is -1.22. The number of nitrogens with zero attached hydrogens (tertiary/aromatic N) is 1. The van der Waals surface area contributed by atoms with Gasteiger partial charge in [-0.2, -0.15) is 13.2 Å². The van der Waals surface area contributed by atoms with E-state index in [0.717, 1.165) is 12.0 Å². The molecule has 1 amide bonds. The van der Waals surface area contributed by atoms with Gasteiger partial charge < -0.3 is 14.4 Å². The SMILES string of the molecule is CCOC(=O)CN(CC(F)(F)F)C(=O)COc1ccccc1C(C)CC. The molecule has 1 aromatic rings. The summed E-state index contributed by atoms with van der Waals surface area (Å²) in [4.78, 5) is 24.0. The van der Waals surface area contributed by atoms with Crippen molar-refractivity contribution in [3.63, 3.8) is 0 Å². The smallest absolute Gasteiger partial charge is 0.406 e. The van der Waals surface area contributed by atoms with Gasteiger partial charge in [0.15, 0.2) is 6.61 Å². The first-order chi connectivity index (χ1) is 12.2. The Morgan fingerprint density at radius 3 is 2.42 bits per heavy atom. The van der Waals surface area contributed by atoms with Crippen molar-refractivity contribution in [2.45, 2.75) is 39.3 Å².